The number of hydrogen-bond acceptors (Lipinski definition) is 2. The third-order valence-electron chi connectivity index (χ3n) is 5.63. The van der Waals surface area contributed by atoms with Gasteiger partial charge in [-0.3, -0.25) is 4.90 Å². The quantitative estimate of drug-likeness (QED) is 0.915. The van der Waals surface area contributed by atoms with Crippen LogP contribution >= 0.6 is 0 Å². The molecule has 3 rings (SSSR count). The van der Waals surface area contributed by atoms with E-state index in [1.807, 2.05) is 0 Å². The number of nitrogens with zero attached hydrogens (tertiary/aromatic N) is 1. The average Bonchev–Trinajstić information content (AvgIpc) is 2.60. The van der Waals surface area contributed by atoms with Crippen LogP contribution < -0.4 is 5.73 Å². The summed E-state index contributed by atoms with van der Waals surface area (Å²) in [5.41, 5.74) is 9.54. The first kappa shape index (κ1) is 14.1. The number of aryl methyl sites for hydroxylation is 1. The van der Waals surface area contributed by atoms with Gasteiger partial charge in [-0.15, -0.1) is 0 Å². The summed E-state index contributed by atoms with van der Waals surface area (Å²) in [6.45, 7) is 7.82. The molecule has 1 aliphatic heterocycles. The molecular formula is C18H28N2. The summed E-state index contributed by atoms with van der Waals surface area (Å²) in [6.07, 6.45) is 5.08. The van der Waals surface area contributed by atoms with E-state index in [2.05, 4.69) is 43.0 Å². The van der Waals surface area contributed by atoms with Crippen LogP contribution in [0.4, 0.5) is 0 Å². The van der Waals surface area contributed by atoms with Crippen LogP contribution in [0.15, 0.2) is 24.3 Å². The summed E-state index contributed by atoms with van der Waals surface area (Å²) in [4.78, 5) is 2.69. The monoisotopic (exact) mass is 272 g/mol. The van der Waals surface area contributed by atoms with Crippen LogP contribution in [0.3, 0.4) is 0 Å². The Balaban J connectivity index is 1.77. The molecule has 0 unspecified atom stereocenters. The molecule has 2 heteroatoms. The number of hydrogen-bond donors (Lipinski definition) is 1. The van der Waals surface area contributed by atoms with Crippen LogP contribution in [-0.4, -0.2) is 23.5 Å². The van der Waals surface area contributed by atoms with E-state index in [0.717, 1.165) is 24.9 Å². The molecule has 0 saturated heterocycles. The first-order valence-corrected chi connectivity index (χ1v) is 8.16. The average molecular weight is 272 g/mol. The molecule has 1 aliphatic carbocycles. The molecule has 110 valence electrons. The fourth-order valence-corrected chi connectivity index (χ4v) is 4.05. The van der Waals surface area contributed by atoms with Crippen LogP contribution in [0.25, 0.3) is 0 Å². The predicted octanol–water partition coefficient (Wildman–Crippen LogP) is 3.20. The van der Waals surface area contributed by atoms with Gasteiger partial charge in [0, 0.05) is 18.6 Å². The molecule has 0 radical (unpaired) electrons. The molecule has 20 heavy (non-hydrogen) atoms. The largest absolute Gasteiger partial charge is 0.329 e. The van der Waals surface area contributed by atoms with Gasteiger partial charge < -0.3 is 5.73 Å². The molecule has 0 atom stereocenters. The summed E-state index contributed by atoms with van der Waals surface area (Å²) >= 11 is 0. The molecule has 0 amide bonds. The van der Waals surface area contributed by atoms with Gasteiger partial charge in [0.25, 0.3) is 0 Å². The van der Waals surface area contributed by atoms with Gasteiger partial charge in [0.15, 0.2) is 0 Å². The Morgan fingerprint density at radius 3 is 2.60 bits per heavy atom. The molecule has 0 aromatic heterocycles. The van der Waals surface area contributed by atoms with E-state index in [0.29, 0.717) is 0 Å². The third kappa shape index (κ3) is 2.40. The Bertz CT molecular complexity index is 460. The van der Waals surface area contributed by atoms with Gasteiger partial charge in [-0.2, -0.15) is 0 Å². The first-order chi connectivity index (χ1) is 9.64. The minimum Gasteiger partial charge on any atom is -0.329 e. The molecule has 2 N–H and O–H groups in total. The van der Waals surface area contributed by atoms with Crippen molar-refractivity contribution in [3.05, 3.63) is 35.4 Å². The van der Waals surface area contributed by atoms with Crippen LogP contribution in [0.2, 0.25) is 0 Å². The normalized spacial score (nSPS) is 30.7. The summed E-state index contributed by atoms with van der Waals surface area (Å²) in [5.74, 6) is 1.67. The Morgan fingerprint density at radius 1 is 1.25 bits per heavy atom. The Hall–Kier alpha value is -0.860. The van der Waals surface area contributed by atoms with Crippen molar-refractivity contribution in [2.75, 3.05) is 13.1 Å². The lowest BCUT2D eigenvalue weighted by molar-refractivity contribution is -0.0396. The second-order valence-electron chi connectivity index (χ2n) is 7.13. The molecule has 1 fully saturated rings. The van der Waals surface area contributed by atoms with Gasteiger partial charge in [-0.25, -0.2) is 0 Å². The van der Waals surface area contributed by atoms with Crippen molar-refractivity contribution in [2.24, 2.45) is 17.6 Å². The van der Waals surface area contributed by atoms with Gasteiger partial charge in [0.1, 0.15) is 0 Å². The van der Waals surface area contributed by atoms with E-state index in [4.69, 9.17) is 5.73 Å². The van der Waals surface area contributed by atoms with E-state index in [9.17, 15) is 0 Å². The van der Waals surface area contributed by atoms with Gasteiger partial charge in [-0.05, 0) is 55.2 Å². The highest BCUT2D eigenvalue weighted by Crippen LogP contribution is 2.46. The van der Waals surface area contributed by atoms with Crippen molar-refractivity contribution >= 4 is 0 Å². The maximum atomic E-state index is 6.19. The minimum absolute atomic E-state index is 0.284. The topological polar surface area (TPSA) is 29.3 Å². The molecule has 1 heterocycles. The lowest BCUT2D eigenvalue weighted by Crippen LogP contribution is -2.62. The summed E-state index contributed by atoms with van der Waals surface area (Å²) in [6, 6.07) is 8.95. The Labute approximate surface area is 123 Å². The van der Waals surface area contributed by atoms with Crippen LogP contribution in [0.5, 0.6) is 0 Å². The second kappa shape index (κ2) is 5.50. The highest BCUT2D eigenvalue weighted by molar-refractivity contribution is 5.28. The van der Waals surface area contributed by atoms with Crippen LogP contribution in [-0.2, 0) is 13.0 Å². The van der Waals surface area contributed by atoms with E-state index in [1.54, 1.807) is 5.56 Å². The molecular weight excluding hydrogens is 244 g/mol. The van der Waals surface area contributed by atoms with Crippen LogP contribution in [0.1, 0.15) is 44.2 Å². The zero-order valence-electron chi connectivity index (χ0n) is 12.9. The maximum Gasteiger partial charge on any atom is 0.0340 e. The van der Waals surface area contributed by atoms with Crippen molar-refractivity contribution in [1.82, 2.24) is 4.90 Å². The molecule has 1 aromatic carbocycles. The molecule has 2 nitrogen and oxygen atoms in total. The summed E-state index contributed by atoms with van der Waals surface area (Å²) in [7, 11) is 0. The Kier molecular flexibility index (Phi) is 3.87. The molecule has 1 saturated carbocycles. The van der Waals surface area contributed by atoms with Crippen LogP contribution in [0, 0.1) is 11.8 Å². The zero-order chi connectivity index (χ0) is 14.2. The standard InChI is InChI=1S/C18H28N2/c1-14(2)17-10-18(11-17,13-19)20-9-5-8-15-6-3-4-7-16(15)12-20/h3-4,6-7,14,17H,5,8-13,19H2,1-2H3. The van der Waals surface area contributed by atoms with Crippen molar-refractivity contribution in [1.29, 1.82) is 0 Å². The van der Waals surface area contributed by atoms with E-state index in [-0.39, 0.29) is 5.54 Å². The van der Waals surface area contributed by atoms with E-state index >= 15 is 0 Å². The lowest BCUT2D eigenvalue weighted by Gasteiger charge is -2.55. The van der Waals surface area contributed by atoms with Crippen molar-refractivity contribution in [2.45, 2.75) is 51.6 Å². The first-order valence-electron chi connectivity index (χ1n) is 8.16. The van der Waals surface area contributed by atoms with Gasteiger partial charge in [0.05, 0.1) is 0 Å². The minimum atomic E-state index is 0.284. The third-order valence-corrected chi connectivity index (χ3v) is 5.63. The highest BCUT2D eigenvalue weighted by Gasteiger charge is 2.48. The Morgan fingerprint density at radius 2 is 1.95 bits per heavy atom. The zero-order valence-corrected chi connectivity index (χ0v) is 12.9. The molecule has 1 aromatic rings. The number of fused-ring (bicyclic) bond motifs is 1. The smallest absolute Gasteiger partial charge is 0.0340 e. The number of rotatable bonds is 3. The molecule has 0 spiro atoms. The van der Waals surface area contributed by atoms with Crippen molar-refractivity contribution in [3.63, 3.8) is 0 Å². The van der Waals surface area contributed by atoms with Gasteiger partial charge >= 0.3 is 0 Å². The fourth-order valence-electron chi connectivity index (χ4n) is 4.05. The van der Waals surface area contributed by atoms with Gasteiger partial charge in [-0.1, -0.05) is 38.1 Å². The summed E-state index contributed by atoms with van der Waals surface area (Å²) in [5, 5.41) is 0. The summed E-state index contributed by atoms with van der Waals surface area (Å²) < 4.78 is 0. The number of benzene rings is 1. The van der Waals surface area contributed by atoms with E-state index in [1.165, 1.54) is 37.8 Å². The maximum absolute atomic E-state index is 6.19. The molecule has 2 aliphatic rings. The fraction of sp³-hybridized carbons (Fsp3) is 0.667. The van der Waals surface area contributed by atoms with Crippen molar-refractivity contribution < 1.29 is 0 Å². The van der Waals surface area contributed by atoms with Crippen molar-refractivity contribution in [3.8, 4) is 0 Å². The van der Waals surface area contributed by atoms with E-state index < -0.39 is 0 Å². The van der Waals surface area contributed by atoms with Gasteiger partial charge in [0.2, 0.25) is 0 Å². The molecule has 0 bridgehead atoms. The SMILES string of the molecule is CC(C)C1CC(CN)(N2CCCc3ccccc3C2)C1. The second-order valence-corrected chi connectivity index (χ2v) is 7.13. The number of nitrogens with two attached hydrogens (primary N) is 1. The highest BCUT2D eigenvalue weighted by atomic mass is 15.2. The predicted molar refractivity (Wildman–Crippen MR) is 84.5 cm³/mol. The lowest BCUT2D eigenvalue weighted by atomic mass is 9.63.